The fourth-order valence-electron chi connectivity index (χ4n) is 1.50. The number of halogens is 2. The second-order valence-electron chi connectivity index (χ2n) is 3.88. The van der Waals surface area contributed by atoms with Gasteiger partial charge in [-0.05, 0) is 42.0 Å². The Bertz CT molecular complexity index is 606. The van der Waals surface area contributed by atoms with Gasteiger partial charge in [-0.2, -0.15) is 0 Å². The maximum atomic E-state index is 12.9. The predicted octanol–water partition coefficient (Wildman–Crippen LogP) is 3.62. The third kappa shape index (κ3) is 4.03. The van der Waals surface area contributed by atoms with E-state index in [-0.39, 0.29) is 11.7 Å². The fraction of sp³-hybridized carbons (Fsp3) is 0. The van der Waals surface area contributed by atoms with E-state index in [0.717, 1.165) is 0 Å². The van der Waals surface area contributed by atoms with Crippen LogP contribution in [-0.4, -0.2) is 5.91 Å². The molecule has 0 atom stereocenters. The Kier molecular flexibility index (Phi) is 4.03. The zero-order valence-corrected chi connectivity index (χ0v) is 9.94. The first-order valence-electron chi connectivity index (χ1n) is 5.64. The first kappa shape index (κ1) is 13.0. The van der Waals surface area contributed by atoms with Crippen LogP contribution < -0.4 is 5.32 Å². The van der Waals surface area contributed by atoms with E-state index < -0.39 is 5.82 Å². The number of carbonyl (C=O) groups excluding carboxylic acids is 1. The van der Waals surface area contributed by atoms with Gasteiger partial charge in [-0.1, -0.05) is 18.2 Å². The normalized spacial score (nSPS) is 10.6. The number of rotatable bonds is 3. The summed E-state index contributed by atoms with van der Waals surface area (Å²) in [4.78, 5) is 11.6. The molecule has 2 aromatic rings. The van der Waals surface area contributed by atoms with Crippen LogP contribution in [0.3, 0.4) is 0 Å². The van der Waals surface area contributed by atoms with Crippen molar-refractivity contribution in [2.75, 3.05) is 5.32 Å². The summed E-state index contributed by atoms with van der Waals surface area (Å²) in [7, 11) is 0. The van der Waals surface area contributed by atoms with Gasteiger partial charge in [0, 0.05) is 11.8 Å². The first-order chi connectivity index (χ1) is 9.13. The van der Waals surface area contributed by atoms with Gasteiger partial charge in [0.25, 0.3) is 0 Å². The van der Waals surface area contributed by atoms with Crippen molar-refractivity contribution >= 4 is 17.7 Å². The van der Waals surface area contributed by atoms with Crippen LogP contribution >= 0.6 is 0 Å². The maximum absolute atomic E-state index is 12.9. The molecule has 0 saturated heterocycles. The Morgan fingerprint density at radius 3 is 2.42 bits per heavy atom. The molecule has 0 unspecified atom stereocenters. The molecular formula is C15H11F2NO. The van der Waals surface area contributed by atoms with Crippen molar-refractivity contribution in [1.29, 1.82) is 0 Å². The van der Waals surface area contributed by atoms with Crippen molar-refractivity contribution in [1.82, 2.24) is 0 Å². The molecule has 0 aliphatic rings. The first-order valence-corrected chi connectivity index (χ1v) is 5.64. The minimum absolute atomic E-state index is 0.332. The van der Waals surface area contributed by atoms with Gasteiger partial charge in [-0.25, -0.2) is 8.78 Å². The summed E-state index contributed by atoms with van der Waals surface area (Å²) in [5.74, 6) is -1.13. The number of carbonyl (C=O) groups is 1. The van der Waals surface area contributed by atoms with Crippen LogP contribution in [0.1, 0.15) is 5.56 Å². The molecule has 1 amide bonds. The van der Waals surface area contributed by atoms with Gasteiger partial charge in [0.15, 0.2) is 0 Å². The summed E-state index contributed by atoms with van der Waals surface area (Å²) >= 11 is 0. The topological polar surface area (TPSA) is 29.1 Å². The molecule has 19 heavy (non-hydrogen) atoms. The Balaban J connectivity index is 1.99. The van der Waals surface area contributed by atoms with E-state index in [4.69, 9.17) is 0 Å². The Morgan fingerprint density at radius 1 is 1.00 bits per heavy atom. The molecule has 0 aromatic heterocycles. The molecule has 96 valence electrons. The fourth-order valence-corrected chi connectivity index (χ4v) is 1.50. The van der Waals surface area contributed by atoms with E-state index in [1.165, 1.54) is 36.4 Å². The third-order valence-electron chi connectivity index (χ3n) is 2.39. The lowest BCUT2D eigenvalue weighted by Crippen LogP contribution is -2.07. The summed E-state index contributed by atoms with van der Waals surface area (Å²) in [6.07, 6.45) is 2.85. The molecule has 1 N–H and O–H groups in total. The van der Waals surface area contributed by atoms with Gasteiger partial charge in [-0.3, -0.25) is 4.79 Å². The standard InChI is InChI=1S/C15H11F2NO/c16-12-7-4-11(5-8-12)6-9-15(19)18-14-3-1-2-13(17)10-14/h1-10H,(H,18,19)/b9-6+. The van der Waals surface area contributed by atoms with Crippen LogP contribution in [0.5, 0.6) is 0 Å². The molecule has 0 aliphatic heterocycles. The minimum Gasteiger partial charge on any atom is -0.322 e. The molecular weight excluding hydrogens is 248 g/mol. The van der Waals surface area contributed by atoms with Gasteiger partial charge in [0.05, 0.1) is 0 Å². The average molecular weight is 259 g/mol. The highest BCUT2D eigenvalue weighted by Gasteiger charge is 1.99. The number of amides is 1. The Labute approximate surface area is 109 Å². The van der Waals surface area contributed by atoms with E-state index in [1.54, 1.807) is 24.3 Å². The maximum Gasteiger partial charge on any atom is 0.248 e. The molecule has 2 rings (SSSR count). The summed E-state index contributed by atoms with van der Waals surface area (Å²) in [6.45, 7) is 0. The average Bonchev–Trinajstić information content (AvgIpc) is 2.38. The van der Waals surface area contributed by atoms with Gasteiger partial charge in [0.1, 0.15) is 11.6 Å². The lowest BCUT2D eigenvalue weighted by molar-refractivity contribution is -0.111. The van der Waals surface area contributed by atoms with Crippen molar-refractivity contribution < 1.29 is 13.6 Å². The minimum atomic E-state index is -0.416. The zero-order chi connectivity index (χ0) is 13.7. The van der Waals surface area contributed by atoms with Gasteiger partial charge >= 0.3 is 0 Å². The van der Waals surface area contributed by atoms with E-state index >= 15 is 0 Å². The molecule has 0 heterocycles. The summed E-state index contributed by atoms with van der Waals surface area (Å²) in [5, 5.41) is 2.52. The van der Waals surface area contributed by atoms with Crippen molar-refractivity contribution in [3.05, 3.63) is 71.8 Å². The summed E-state index contributed by atoms with van der Waals surface area (Å²) < 4.78 is 25.6. The molecule has 0 radical (unpaired) electrons. The van der Waals surface area contributed by atoms with Crippen molar-refractivity contribution in [3.8, 4) is 0 Å². The number of benzene rings is 2. The van der Waals surface area contributed by atoms with Crippen LogP contribution in [0, 0.1) is 11.6 Å². The number of anilines is 1. The highest BCUT2D eigenvalue weighted by atomic mass is 19.1. The van der Waals surface area contributed by atoms with Crippen LogP contribution in [0.25, 0.3) is 6.08 Å². The zero-order valence-electron chi connectivity index (χ0n) is 9.94. The quantitative estimate of drug-likeness (QED) is 0.838. The molecule has 0 bridgehead atoms. The van der Waals surface area contributed by atoms with Crippen LogP contribution in [-0.2, 0) is 4.79 Å². The van der Waals surface area contributed by atoms with Gasteiger partial charge < -0.3 is 5.32 Å². The van der Waals surface area contributed by atoms with E-state index in [0.29, 0.717) is 11.3 Å². The summed E-state index contributed by atoms with van der Waals surface area (Å²) in [6, 6.07) is 11.4. The van der Waals surface area contributed by atoms with Crippen molar-refractivity contribution in [3.63, 3.8) is 0 Å². The van der Waals surface area contributed by atoms with Gasteiger partial charge in [0.2, 0.25) is 5.91 Å². The highest BCUT2D eigenvalue weighted by Crippen LogP contribution is 2.09. The lowest BCUT2D eigenvalue weighted by Gasteiger charge is -2.01. The monoisotopic (exact) mass is 259 g/mol. The van der Waals surface area contributed by atoms with Crippen LogP contribution in [0.2, 0.25) is 0 Å². The van der Waals surface area contributed by atoms with Gasteiger partial charge in [-0.15, -0.1) is 0 Å². The smallest absolute Gasteiger partial charge is 0.248 e. The Hall–Kier alpha value is -2.49. The van der Waals surface area contributed by atoms with Crippen molar-refractivity contribution in [2.45, 2.75) is 0 Å². The molecule has 4 heteroatoms. The van der Waals surface area contributed by atoms with E-state index in [1.807, 2.05) is 0 Å². The number of nitrogens with one attached hydrogen (secondary N) is 1. The molecule has 0 aliphatic carbocycles. The number of hydrogen-bond acceptors (Lipinski definition) is 1. The SMILES string of the molecule is O=C(/C=C/c1ccc(F)cc1)Nc1cccc(F)c1. The lowest BCUT2D eigenvalue weighted by atomic mass is 10.2. The molecule has 2 nitrogen and oxygen atoms in total. The highest BCUT2D eigenvalue weighted by molar-refractivity contribution is 6.01. The largest absolute Gasteiger partial charge is 0.322 e. The van der Waals surface area contributed by atoms with Crippen LogP contribution in [0.15, 0.2) is 54.6 Å². The Morgan fingerprint density at radius 2 is 1.74 bits per heavy atom. The van der Waals surface area contributed by atoms with Crippen LogP contribution in [0.4, 0.5) is 14.5 Å². The van der Waals surface area contributed by atoms with E-state index in [2.05, 4.69) is 5.32 Å². The molecule has 0 saturated carbocycles. The molecule has 2 aromatic carbocycles. The van der Waals surface area contributed by atoms with E-state index in [9.17, 15) is 13.6 Å². The number of hydrogen-bond donors (Lipinski definition) is 1. The molecule has 0 spiro atoms. The summed E-state index contributed by atoms with van der Waals surface area (Å²) in [5.41, 5.74) is 1.09. The van der Waals surface area contributed by atoms with Crippen molar-refractivity contribution in [2.24, 2.45) is 0 Å². The molecule has 0 fully saturated rings. The second-order valence-corrected chi connectivity index (χ2v) is 3.88. The second kappa shape index (κ2) is 5.91. The third-order valence-corrected chi connectivity index (χ3v) is 2.39. The predicted molar refractivity (Wildman–Crippen MR) is 70.5 cm³/mol.